The van der Waals surface area contributed by atoms with Crippen LogP contribution < -0.4 is 4.90 Å². The summed E-state index contributed by atoms with van der Waals surface area (Å²) in [5, 5.41) is 0. The molecule has 25 heavy (non-hydrogen) atoms. The summed E-state index contributed by atoms with van der Waals surface area (Å²) in [6.07, 6.45) is 3.11. The van der Waals surface area contributed by atoms with E-state index in [1.165, 1.54) is 24.2 Å². The van der Waals surface area contributed by atoms with E-state index >= 15 is 0 Å². The first kappa shape index (κ1) is 18.0. The lowest BCUT2D eigenvalue weighted by molar-refractivity contribution is -0.0681. The Balaban J connectivity index is 1.55. The van der Waals surface area contributed by atoms with E-state index in [9.17, 15) is 0 Å². The van der Waals surface area contributed by atoms with Crippen molar-refractivity contribution in [2.45, 2.75) is 38.9 Å². The molecule has 3 rings (SSSR count). The summed E-state index contributed by atoms with van der Waals surface area (Å²) in [4.78, 5) is 4.97. The Morgan fingerprint density at radius 1 is 0.840 bits per heavy atom. The molecule has 3 heteroatoms. The Bertz CT molecular complexity index is 567. The van der Waals surface area contributed by atoms with Crippen molar-refractivity contribution >= 4 is 11.4 Å². The lowest BCUT2D eigenvalue weighted by Crippen LogP contribution is -2.45. The average molecular weight is 338 g/mol. The molecule has 2 aromatic rings. The number of morpholine rings is 1. The van der Waals surface area contributed by atoms with Crippen molar-refractivity contribution in [3.8, 4) is 0 Å². The topological polar surface area (TPSA) is 15.7 Å². The second-order valence-corrected chi connectivity index (χ2v) is 7.05. The maximum atomic E-state index is 5.83. The van der Waals surface area contributed by atoms with E-state index in [2.05, 4.69) is 84.3 Å². The normalized spacial score (nSPS) is 21.2. The molecule has 1 saturated heterocycles. The minimum Gasteiger partial charge on any atom is -0.373 e. The Labute approximate surface area is 152 Å². The van der Waals surface area contributed by atoms with Crippen LogP contribution >= 0.6 is 0 Å². The summed E-state index contributed by atoms with van der Waals surface area (Å²) < 4.78 is 5.83. The summed E-state index contributed by atoms with van der Waals surface area (Å²) in [5.74, 6) is 0. The van der Waals surface area contributed by atoms with E-state index < -0.39 is 0 Å². The molecule has 134 valence electrons. The molecule has 0 aromatic heterocycles. The van der Waals surface area contributed by atoms with Crippen molar-refractivity contribution in [1.82, 2.24) is 4.90 Å². The second kappa shape index (κ2) is 9.02. The van der Waals surface area contributed by atoms with E-state index in [-0.39, 0.29) is 0 Å². The van der Waals surface area contributed by atoms with Gasteiger partial charge in [0.25, 0.3) is 0 Å². The van der Waals surface area contributed by atoms with Gasteiger partial charge in [-0.1, -0.05) is 36.4 Å². The Morgan fingerprint density at radius 3 is 1.88 bits per heavy atom. The van der Waals surface area contributed by atoms with Gasteiger partial charge in [-0.25, -0.2) is 0 Å². The van der Waals surface area contributed by atoms with Crippen LogP contribution in [0.25, 0.3) is 0 Å². The van der Waals surface area contributed by atoms with Crippen molar-refractivity contribution in [3.63, 3.8) is 0 Å². The largest absolute Gasteiger partial charge is 0.373 e. The van der Waals surface area contributed by atoms with Gasteiger partial charge in [-0.3, -0.25) is 4.90 Å². The lowest BCUT2D eigenvalue weighted by Gasteiger charge is -2.35. The number of rotatable bonds is 7. The number of nitrogens with zero attached hydrogens (tertiary/aromatic N) is 2. The smallest absolute Gasteiger partial charge is 0.0678 e. The molecule has 2 atom stereocenters. The summed E-state index contributed by atoms with van der Waals surface area (Å²) in [7, 11) is 0. The molecular weight excluding hydrogens is 308 g/mol. The number of hydrogen-bond donors (Lipinski definition) is 0. The highest BCUT2D eigenvalue weighted by molar-refractivity contribution is 5.62. The number of hydrogen-bond acceptors (Lipinski definition) is 3. The Hall–Kier alpha value is -1.84. The molecule has 1 aliphatic rings. The zero-order valence-corrected chi connectivity index (χ0v) is 15.5. The van der Waals surface area contributed by atoms with Gasteiger partial charge in [0.2, 0.25) is 0 Å². The molecule has 2 aromatic carbocycles. The predicted molar refractivity (Wildman–Crippen MR) is 106 cm³/mol. The maximum absolute atomic E-state index is 5.83. The molecule has 1 aliphatic heterocycles. The lowest BCUT2D eigenvalue weighted by atomic mass is 10.2. The molecule has 0 amide bonds. The number of ether oxygens (including phenoxy) is 1. The predicted octanol–water partition coefficient (Wildman–Crippen LogP) is 4.71. The first-order valence-electron chi connectivity index (χ1n) is 9.48. The highest BCUT2D eigenvalue weighted by Gasteiger charge is 2.21. The van der Waals surface area contributed by atoms with Crippen LogP contribution in [0.15, 0.2) is 60.7 Å². The molecule has 0 saturated carbocycles. The summed E-state index contributed by atoms with van der Waals surface area (Å²) in [5.41, 5.74) is 2.53. The van der Waals surface area contributed by atoms with Gasteiger partial charge in [-0.05, 0) is 57.5 Å². The Kier molecular flexibility index (Phi) is 6.48. The summed E-state index contributed by atoms with van der Waals surface area (Å²) in [6.45, 7) is 8.68. The number of unbranched alkanes of at least 4 members (excludes halogenated alkanes) is 1. The van der Waals surface area contributed by atoms with Crippen LogP contribution in [-0.2, 0) is 4.74 Å². The molecule has 2 unspecified atom stereocenters. The summed E-state index contributed by atoms with van der Waals surface area (Å²) >= 11 is 0. The van der Waals surface area contributed by atoms with Crippen molar-refractivity contribution in [1.29, 1.82) is 0 Å². The summed E-state index contributed by atoms with van der Waals surface area (Å²) in [6, 6.07) is 21.4. The average Bonchev–Trinajstić information content (AvgIpc) is 2.62. The van der Waals surface area contributed by atoms with Gasteiger partial charge >= 0.3 is 0 Å². The quantitative estimate of drug-likeness (QED) is 0.680. The minimum atomic E-state index is 0.355. The van der Waals surface area contributed by atoms with Crippen LogP contribution in [0, 0.1) is 0 Å². The highest BCUT2D eigenvalue weighted by Crippen LogP contribution is 2.25. The monoisotopic (exact) mass is 338 g/mol. The van der Waals surface area contributed by atoms with Gasteiger partial charge < -0.3 is 9.64 Å². The number of benzene rings is 2. The van der Waals surface area contributed by atoms with Crippen LogP contribution in [0.3, 0.4) is 0 Å². The SMILES string of the molecule is CC1CN(CCCCN(c2ccccc2)c2ccccc2)CC(C)O1. The van der Waals surface area contributed by atoms with Gasteiger partial charge in [0.15, 0.2) is 0 Å². The fraction of sp³-hybridized carbons (Fsp3) is 0.455. The molecule has 0 aliphatic carbocycles. The van der Waals surface area contributed by atoms with E-state index in [0.29, 0.717) is 12.2 Å². The minimum absolute atomic E-state index is 0.355. The van der Waals surface area contributed by atoms with Crippen molar-refractivity contribution in [2.24, 2.45) is 0 Å². The third-order valence-corrected chi connectivity index (χ3v) is 4.74. The first-order chi connectivity index (χ1) is 12.2. The van der Waals surface area contributed by atoms with Crippen LogP contribution in [0.2, 0.25) is 0 Å². The third-order valence-electron chi connectivity index (χ3n) is 4.74. The van der Waals surface area contributed by atoms with Crippen LogP contribution in [0.4, 0.5) is 11.4 Å². The van der Waals surface area contributed by atoms with Crippen LogP contribution in [0.5, 0.6) is 0 Å². The van der Waals surface area contributed by atoms with Crippen molar-refractivity contribution in [2.75, 3.05) is 31.1 Å². The third kappa shape index (κ3) is 5.32. The fourth-order valence-electron chi connectivity index (χ4n) is 3.70. The Morgan fingerprint density at radius 2 is 1.36 bits per heavy atom. The highest BCUT2D eigenvalue weighted by atomic mass is 16.5. The molecule has 0 bridgehead atoms. The molecular formula is C22H30N2O. The second-order valence-electron chi connectivity index (χ2n) is 7.05. The molecule has 0 radical (unpaired) electrons. The standard InChI is InChI=1S/C22H30N2O/c1-19-17-23(18-20(2)25-19)15-9-10-16-24(21-11-5-3-6-12-21)22-13-7-4-8-14-22/h3-8,11-14,19-20H,9-10,15-18H2,1-2H3. The van der Waals surface area contributed by atoms with E-state index in [1.54, 1.807) is 0 Å². The van der Waals surface area contributed by atoms with Gasteiger partial charge in [-0.2, -0.15) is 0 Å². The fourth-order valence-corrected chi connectivity index (χ4v) is 3.70. The van der Waals surface area contributed by atoms with Gasteiger partial charge in [-0.15, -0.1) is 0 Å². The zero-order valence-electron chi connectivity index (χ0n) is 15.5. The number of anilines is 2. The van der Waals surface area contributed by atoms with E-state index in [1.807, 2.05) is 0 Å². The van der Waals surface area contributed by atoms with Crippen LogP contribution in [-0.4, -0.2) is 43.3 Å². The maximum Gasteiger partial charge on any atom is 0.0678 e. The van der Waals surface area contributed by atoms with E-state index in [0.717, 1.165) is 26.2 Å². The van der Waals surface area contributed by atoms with E-state index in [4.69, 9.17) is 4.74 Å². The van der Waals surface area contributed by atoms with Gasteiger partial charge in [0, 0.05) is 31.0 Å². The molecule has 1 fully saturated rings. The molecule has 0 spiro atoms. The number of para-hydroxylation sites is 2. The zero-order chi connectivity index (χ0) is 17.5. The molecule has 0 N–H and O–H groups in total. The van der Waals surface area contributed by atoms with Crippen molar-refractivity contribution in [3.05, 3.63) is 60.7 Å². The van der Waals surface area contributed by atoms with Gasteiger partial charge in [0.1, 0.15) is 0 Å². The van der Waals surface area contributed by atoms with Crippen molar-refractivity contribution < 1.29 is 4.74 Å². The molecule has 1 heterocycles. The molecule has 3 nitrogen and oxygen atoms in total. The van der Waals surface area contributed by atoms with Gasteiger partial charge in [0.05, 0.1) is 12.2 Å². The first-order valence-corrected chi connectivity index (χ1v) is 9.48. The van der Waals surface area contributed by atoms with Crippen LogP contribution in [0.1, 0.15) is 26.7 Å².